The zero-order valence-electron chi connectivity index (χ0n) is 10.3. The first-order valence-corrected chi connectivity index (χ1v) is 6.16. The van der Waals surface area contributed by atoms with Crippen LogP contribution in [0.5, 0.6) is 0 Å². The van der Waals surface area contributed by atoms with E-state index < -0.39 is 0 Å². The maximum absolute atomic E-state index is 12.0. The molecule has 2 rings (SSSR count). The summed E-state index contributed by atoms with van der Waals surface area (Å²) in [5.41, 5.74) is 0.609. The number of hydrogen-bond donors (Lipinski definition) is 1. The molecule has 0 unspecified atom stereocenters. The predicted molar refractivity (Wildman–Crippen MR) is 63.8 cm³/mol. The van der Waals surface area contributed by atoms with E-state index in [1.54, 1.807) is 16.9 Å². The fourth-order valence-corrected chi connectivity index (χ4v) is 2.15. The van der Waals surface area contributed by atoms with Gasteiger partial charge in [0.15, 0.2) is 0 Å². The van der Waals surface area contributed by atoms with Crippen molar-refractivity contribution in [2.45, 2.75) is 45.4 Å². The summed E-state index contributed by atoms with van der Waals surface area (Å²) in [5, 5.41) is 7.06. The van der Waals surface area contributed by atoms with E-state index in [1.165, 1.54) is 0 Å². The van der Waals surface area contributed by atoms with Gasteiger partial charge in [-0.15, -0.1) is 0 Å². The van der Waals surface area contributed by atoms with Crippen molar-refractivity contribution < 1.29 is 9.53 Å². The first kappa shape index (κ1) is 12.1. The lowest BCUT2D eigenvalue weighted by atomic mass is 10.1. The Hall–Kier alpha value is -1.36. The normalized spacial score (nSPS) is 21.4. The van der Waals surface area contributed by atoms with Gasteiger partial charge in [0, 0.05) is 19.3 Å². The first-order chi connectivity index (χ1) is 8.22. The second-order valence-electron chi connectivity index (χ2n) is 4.35. The Morgan fingerprint density at radius 1 is 1.76 bits per heavy atom. The highest BCUT2D eigenvalue weighted by atomic mass is 16.5. The van der Waals surface area contributed by atoms with Crippen LogP contribution < -0.4 is 5.32 Å². The molecule has 1 aliphatic heterocycles. The van der Waals surface area contributed by atoms with Crippen LogP contribution in [0.4, 0.5) is 0 Å². The number of amides is 1. The standard InChI is InChI=1S/C12H19N3O2/c1-3-15-10(6-7-13-15)12(16)14-9(2)11-5-4-8-17-11/h6-7,9,11H,3-5,8H2,1-2H3,(H,14,16)/t9-,11+/m0/s1. The van der Waals surface area contributed by atoms with Gasteiger partial charge in [-0.3, -0.25) is 9.48 Å². The van der Waals surface area contributed by atoms with Gasteiger partial charge >= 0.3 is 0 Å². The Bertz CT molecular complexity index is 383. The van der Waals surface area contributed by atoms with Crippen LogP contribution in [0.3, 0.4) is 0 Å². The average Bonchev–Trinajstić information content (AvgIpc) is 2.99. The van der Waals surface area contributed by atoms with Crippen LogP contribution in [-0.4, -0.2) is 34.4 Å². The van der Waals surface area contributed by atoms with E-state index in [1.807, 2.05) is 13.8 Å². The number of rotatable bonds is 4. The summed E-state index contributed by atoms with van der Waals surface area (Å²) in [4.78, 5) is 12.0. The van der Waals surface area contributed by atoms with Crippen molar-refractivity contribution in [3.05, 3.63) is 18.0 Å². The third-order valence-corrected chi connectivity index (χ3v) is 3.13. The molecule has 2 heterocycles. The summed E-state index contributed by atoms with van der Waals surface area (Å²) in [6.45, 7) is 5.45. The molecule has 0 spiro atoms. The lowest BCUT2D eigenvalue weighted by Gasteiger charge is -2.20. The maximum atomic E-state index is 12.0. The molecule has 1 saturated heterocycles. The maximum Gasteiger partial charge on any atom is 0.269 e. The van der Waals surface area contributed by atoms with Crippen molar-refractivity contribution in [2.24, 2.45) is 0 Å². The van der Waals surface area contributed by atoms with Gasteiger partial charge in [0.1, 0.15) is 5.69 Å². The Balaban J connectivity index is 1.96. The number of hydrogen-bond acceptors (Lipinski definition) is 3. The smallest absolute Gasteiger partial charge is 0.269 e. The molecule has 1 amide bonds. The summed E-state index contributed by atoms with van der Waals surface area (Å²) in [6, 6.07) is 1.78. The van der Waals surface area contributed by atoms with Crippen molar-refractivity contribution in [3.8, 4) is 0 Å². The van der Waals surface area contributed by atoms with E-state index in [-0.39, 0.29) is 18.1 Å². The second-order valence-corrected chi connectivity index (χ2v) is 4.35. The van der Waals surface area contributed by atoms with Crippen LogP contribution in [0.1, 0.15) is 37.2 Å². The fourth-order valence-electron chi connectivity index (χ4n) is 2.15. The van der Waals surface area contributed by atoms with Crippen LogP contribution in [0, 0.1) is 0 Å². The number of aryl methyl sites for hydroxylation is 1. The Morgan fingerprint density at radius 2 is 2.59 bits per heavy atom. The molecule has 0 aliphatic carbocycles. The van der Waals surface area contributed by atoms with E-state index in [9.17, 15) is 4.79 Å². The molecule has 0 saturated carbocycles. The van der Waals surface area contributed by atoms with E-state index in [4.69, 9.17) is 4.74 Å². The van der Waals surface area contributed by atoms with Gasteiger partial charge in [0.25, 0.3) is 5.91 Å². The largest absolute Gasteiger partial charge is 0.376 e. The molecular weight excluding hydrogens is 218 g/mol. The van der Waals surface area contributed by atoms with Gasteiger partial charge in [0.05, 0.1) is 12.1 Å². The van der Waals surface area contributed by atoms with Crippen molar-refractivity contribution >= 4 is 5.91 Å². The summed E-state index contributed by atoms with van der Waals surface area (Å²) in [6.07, 6.45) is 3.90. The molecule has 1 aliphatic rings. The number of nitrogens with zero attached hydrogens (tertiary/aromatic N) is 2. The third-order valence-electron chi connectivity index (χ3n) is 3.13. The number of aromatic nitrogens is 2. The fraction of sp³-hybridized carbons (Fsp3) is 0.667. The van der Waals surface area contributed by atoms with Gasteiger partial charge in [-0.05, 0) is 32.8 Å². The molecule has 0 bridgehead atoms. The molecule has 1 aromatic rings. The van der Waals surface area contributed by atoms with Crippen LogP contribution in [0.2, 0.25) is 0 Å². The van der Waals surface area contributed by atoms with Crippen molar-refractivity contribution in [1.29, 1.82) is 0 Å². The lowest BCUT2D eigenvalue weighted by molar-refractivity contribution is 0.0706. The zero-order valence-corrected chi connectivity index (χ0v) is 10.3. The van der Waals surface area contributed by atoms with Gasteiger partial charge < -0.3 is 10.1 Å². The summed E-state index contributed by atoms with van der Waals surface area (Å²) >= 11 is 0. The minimum atomic E-state index is -0.0765. The molecule has 0 radical (unpaired) electrons. The summed E-state index contributed by atoms with van der Waals surface area (Å²) < 4.78 is 7.24. The molecule has 5 heteroatoms. The van der Waals surface area contributed by atoms with Crippen LogP contribution >= 0.6 is 0 Å². The molecule has 1 aromatic heterocycles. The minimum Gasteiger partial charge on any atom is -0.376 e. The molecule has 1 N–H and O–H groups in total. The molecule has 2 atom stereocenters. The number of carbonyl (C=O) groups is 1. The second kappa shape index (κ2) is 5.31. The van der Waals surface area contributed by atoms with E-state index >= 15 is 0 Å². The van der Waals surface area contributed by atoms with Crippen molar-refractivity contribution in [1.82, 2.24) is 15.1 Å². The van der Waals surface area contributed by atoms with Gasteiger partial charge in [-0.1, -0.05) is 0 Å². The summed E-state index contributed by atoms with van der Waals surface area (Å²) in [5.74, 6) is -0.0765. The highest BCUT2D eigenvalue weighted by Crippen LogP contribution is 2.15. The Morgan fingerprint density at radius 3 is 3.24 bits per heavy atom. The molecule has 5 nitrogen and oxygen atoms in total. The monoisotopic (exact) mass is 237 g/mol. The highest BCUT2D eigenvalue weighted by molar-refractivity contribution is 5.92. The minimum absolute atomic E-state index is 0.0465. The molecular formula is C12H19N3O2. The van der Waals surface area contributed by atoms with Crippen molar-refractivity contribution in [3.63, 3.8) is 0 Å². The van der Waals surface area contributed by atoms with Gasteiger partial charge in [0.2, 0.25) is 0 Å². The SMILES string of the molecule is CCn1nccc1C(=O)N[C@@H](C)[C@H]1CCCO1. The third kappa shape index (κ3) is 2.66. The average molecular weight is 237 g/mol. The van der Waals surface area contributed by atoms with E-state index in [2.05, 4.69) is 10.4 Å². The predicted octanol–water partition coefficient (Wildman–Crippen LogP) is 1.20. The number of ether oxygens (including phenoxy) is 1. The molecule has 1 fully saturated rings. The number of nitrogens with one attached hydrogen (secondary N) is 1. The van der Waals surface area contributed by atoms with E-state index in [0.29, 0.717) is 12.2 Å². The van der Waals surface area contributed by atoms with Crippen molar-refractivity contribution in [2.75, 3.05) is 6.61 Å². The lowest BCUT2D eigenvalue weighted by Crippen LogP contribution is -2.41. The molecule has 0 aromatic carbocycles. The number of carbonyl (C=O) groups excluding carboxylic acids is 1. The van der Waals surface area contributed by atoms with Crippen LogP contribution in [0.15, 0.2) is 12.3 Å². The topological polar surface area (TPSA) is 56.2 Å². The summed E-state index contributed by atoms with van der Waals surface area (Å²) in [7, 11) is 0. The highest BCUT2D eigenvalue weighted by Gasteiger charge is 2.24. The zero-order chi connectivity index (χ0) is 12.3. The molecule has 17 heavy (non-hydrogen) atoms. The quantitative estimate of drug-likeness (QED) is 0.856. The van der Waals surface area contributed by atoms with E-state index in [0.717, 1.165) is 19.4 Å². The Kier molecular flexibility index (Phi) is 3.78. The van der Waals surface area contributed by atoms with Crippen LogP contribution in [-0.2, 0) is 11.3 Å². The first-order valence-electron chi connectivity index (χ1n) is 6.16. The van der Waals surface area contributed by atoms with Gasteiger partial charge in [-0.25, -0.2) is 0 Å². The van der Waals surface area contributed by atoms with Gasteiger partial charge in [-0.2, -0.15) is 5.10 Å². The Labute approximate surface area is 101 Å². The molecule has 94 valence electrons. The van der Waals surface area contributed by atoms with Crippen LogP contribution in [0.25, 0.3) is 0 Å².